The number of furan rings is 1. The number of nitrogens with one attached hydrogen (secondary N) is 2. The molecule has 0 aliphatic heterocycles. The quantitative estimate of drug-likeness (QED) is 0.657. The first kappa shape index (κ1) is 17.4. The summed E-state index contributed by atoms with van der Waals surface area (Å²) in [5, 5.41) is 3.02. The highest BCUT2D eigenvalue weighted by molar-refractivity contribution is 7.89. The van der Waals surface area contributed by atoms with Gasteiger partial charge in [-0.1, -0.05) is 6.92 Å². The lowest BCUT2D eigenvalue weighted by Gasteiger charge is -2.11. The molecule has 8 heteroatoms. The van der Waals surface area contributed by atoms with Crippen LogP contribution in [0.4, 0.5) is 0 Å². The van der Waals surface area contributed by atoms with Crippen molar-refractivity contribution < 1.29 is 17.0 Å². The maximum atomic E-state index is 12.0. The maximum Gasteiger partial charge on any atom is 0.274 e. The van der Waals surface area contributed by atoms with E-state index >= 15 is 0 Å². The van der Waals surface area contributed by atoms with Gasteiger partial charge in [0.15, 0.2) is 0 Å². The molecule has 0 aromatic carbocycles. The van der Waals surface area contributed by atoms with Crippen LogP contribution in [-0.2, 0) is 27.4 Å². The Morgan fingerprint density at radius 1 is 1.40 bits per heavy atom. The molecule has 0 amide bonds. The molecule has 1 heterocycles. The zero-order valence-corrected chi connectivity index (χ0v) is 13.6. The maximum absolute atomic E-state index is 12.0. The third-order valence-electron chi connectivity index (χ3n) is 2.47. The van der Waals surface area contributed by atoms with E-state index in [0.29, 0.717) is 12.3 Å². The zero-order valence-electron chi connectivity index (χ0n) is 12.0. The molecular weight excluding hydrogens is 300 g/mol. The van der Waals surface area contributed by atoms with Crippen molar-refractivity contribution in [2.45, 2.75) is 37.9 Å². The number of hydrogen-bond acceptors (Lipinski definition) is 5. The third-order valence-corrected chi connectivity index (χ3v) is 4.90. The van der Waals surface area contributed by atoms with Crippen molar-refractivity contribution in [3.8, 4) is 0 Å². The molecular formula is C12H22N2O4S2. The van der Waals surface area contributed by atoms with Crippen LogP contribution >= 0.6 is 0 Å². The monoisotopic (exact) mass is 322 g/mol. The normalized spacial score (nSPS) is 15.2. The fourth-order valence-electron chi connectivity index (χ4n) is 1.70. The second-order valence-electron chi connectivity index (χ2n) is 4.66. The highest BCUT2D eigenvalue weighted by Gasteiger charge is 2.21. The molecule has 0 spiro atoms. The fourth-order valence-corrected chi connectivity index (χ4v) is 3.78. The van der Waals surface area contributed by atoms with Gasteiger partial charge in [-0.2, -0.15) is 0 Å². The Labute approximate surface area is 122 Å². The molecule has 0 aliphatic carbocycles. The third kappa shape index (κ3) is 5.74. The molecule has 2 atom stereocenters. The van der Waals surface area contributed by atoms with Gasteiger partial charge in [0.1, 0.15) is 5.76 Å². The van der Waals surface area contributed by atoms with E-state index in [1.54, 1.807) is 13.0 Å². The predicted molar refractivity (Wildman–Crippen MR) is 79.4 cm³/mol. The molecule has 0 fully saturated rings. The molecule has 0 bridgehead atoms. The summed E-state index contributed by atoms with van der Waals surface area (Å²) in [5.41, 5.74) is 0. The topological polar surface area (TPSA) is 88.4 Å². The Morgan fingerprint density at radius 3 is 2.70 bits per heavy atom. The van der Waals surface area contributed by atoms with E-state index in [2.05, 4.69) is 10.0 Å². The summed E-state index contributed by atoms with van der Waals surface area (Å²) in [7, 11) is -4.75. The second kappa shape index (κ2) is 7.92. The lowest BCUT2D eigenvalue weighted by molar-refractivity contribution is 0.399. The summed E-state index contributed by atoms with van der Waals surface area (Å²) in [6.07, 6.45) is 2.54. The van der Waals surface area contributed by atoms with Crippen molar-refractivity contribution >= 4 is 20.8 Å². The molecule has 0 saturated heterocycles. The lowest BCUT2D eigenvalue weighted by Crippen LogP contribution is -2.36. The first-order valence-electron chi connectivity index (χ1n) is 6.47. The van der Waals surface area contributed by atoms with Crippen LogP contribution in [0, 0.1) is 0 Å². The average Bonchev–Trinajstić information content (AvgIpc) is 2.76. The summed E-state index contributed by atoms with van der Waals surface area (Å²) in [6, 6.07) is 2.67. The Morgan fingerprint density at radius 2 is 2.10 bits per heavy atom. The summed E-state index contributed by atoms with van der Waals surface area (Å²) < 4.78 is 42.9. The highest BCUT2D eigenvalue weighted by atomic mass is 32.2. The standard InChI is InChI=1S/C12H22N2O4S2/c1-4-7-13-8-11-5-6-12(18-11)20(16,17)14-10(2)9-19(3)15/h5-6,10,13-14H,4,7-9H2,1-3H3. The molecule has 0 saturated carbocycles. The molecule has 1 rings (SSSR count). The SMILES string of the molecule is CCCNCc1ccc(S(=O)(=O)NC(C)CS(C)=O)o1. The van der Waals surface area contributed by atoms with E-state index in [9.17, 15) is 12.6 Å². The van der Waals surface area contributed by atoms with E-state index in [1.807, 2.05) is 6.92 Å². The van der Waals surface area contributed by atoms with Gasteiger partial charge in [-0.25, -0.2) is 13.1 Å². The first-order valence-corrected chi connectivity index (χ1v) is 9.68. The number of rotatable bonds is 9. The molecule has 2 N–H and O–H groups in total. The summed E-state index contributed by atoms with van der Waals surface area (Å²) in [5.74, 6) is 0.843. The van der Waals surface area contributed by atoms with Gasteiger partial charge in [0.05, 0.1) is 6.54 Å². The molecule has 20 heavy (non-hydrogen) atoms. The summed E-state index contributed by atoms with van der Waals surface area (Å²) >= 11 is 0. The number of hydrogen-bond donors (Lipinski definition) is 2. The van der Waals surface area contributed by atoms with Crippen molar-refractivity contribution in [2.75, 3.05) is 18.6 Å². The molecule has 1 aromatic heterocycles. The van der Waals surface area contributed by atoms with Crippen molar-refractivity contribution in [3.05, 3.63) is 17.9 Å². The Hall–Kier alpha value is -0.700. The van der Waals surface area contributed by atoms with Gasteiger partial charge in [0.25, 0.3) is 10.0 Å². The van der Waals surface area contributed by atoms with Crippen molar-refractivity contribution in [1.29, 1.82) is 0 Å². The molecule has 0 aliphatic rings. The fraction of sp³-hybridized carbons (Fsp3) is 0.667. The van der Waals surface area contributed by atoms with Crippen LogP contribution in [0.15, 0.2) is 21.6 Å². The second-order valence-corrected chi connectivity index (χ2v) is 7.78. The Bertz CT molecular complexity index is 539. The van der Waals surface area contributed by atoms with Gasteiger partial charge in [-0.3, -0.25) is 4.21 Å². The lowest BCUT2D eigenvalue weighted by atomic mass is 10.4. The molecule has 2 unspecified atom stereocenters. The molecule has 0 radical (unpaired) electrons. The summed E-state index contributed by atoms with van der Waals surface area (Å²) in [6.45, 7) is 5.07. The van der Waals surface area contributed by atoms with E-state index in [4.69, 9.17) is 4.42 Å². The average molecular weight is 322 g/mol. The zero-order chi connectivity index (χ0) is 15.2. The minimum Gasteiger partial charge on any atom is -0.447 e. The highest BCUT2D eigenvalue weighted by Crippen LogP contribution is 2.14. The van der Waals surface area contributed by atoms with E-state index in [1.165, 1.54) is 12.3 Å². The van der Waals surface area contributed by atoms with Crippen molar-refractivity contribution in [1.82, 2.24) is 10.0 Å². The van der Waals surface area contributed by atoms with Gasteiger partial charge in [-0.05, 0) is 32.0 Å². The summed E-state index contributed by atoms with van der Waals surface area (Å²) in [4.78, 5) is 0. The minimum absolute atomic E-state index is 0.112. The Balaban J connectivity index is 2.65. The van der Waals surface area contributed by atoms with Crippen LogP contribution in [-0.4, -0.2) is 37.2 Å². The largest absolute Gasteiger partial charge is 0.447 e. The van der Waals surface area contributed by atoms with E-state index in [-0.39, 0.29) is 10.8 Å². The van der Waals surface area contributed by atoms with Crippen molar-refractivity contribution in [3.63, 3.8) is 0 Å². The van der Waals surface area contributed by atoms with E-state index in [0.717, 1.165) is 13.0 Å². The molecule has 6 nitrogen and oxygen atoms in total. The Kier molecular flexibility index (Phi) is 6.87. The number of sulfonamides is 1. The van der Waals surface area contributed by atoms with Crippen LogP contribution in [0.2, 0.25) is 0 Å². The van der Waals surface area contributed by atoms with Gasteiger partial charge in [-0.15, -0.1) is 0 Å². The van der Waals surface area contributed by atoms with E-state index < -0.39 is 26.9 Å². The van der Waals surface area contributed by atoms with Gasteiger partial charge in [0.2, 0.25) is 5.09 Å². The van der Waals surface area contributed by atoms with Crippen LogP contribution in [0.5, 0.6) is 0 Å². The molecule has 1 aromatic rings. The first-order chi connectivity index (χ1) is 9.35. The van der Waals surface area contributed by atoms with Gasteiger partial charge in [0, 0.05) is 28.9 Å². The van der Waals surface area contributed by atoms with Gasteiger partial charge < -0.3 is 9.73 Å². The van der Waals surface area contributed by atoms with Crippen LogP contribution in [0.3, 0.4) is 0 Å². The predicted octanol–water partition coefficient (Wildman–Crippen LogP) is 0.824. The van der Waals surface area contributed by atoms with Gasteiger partial charge >= 0.3 is 0 Å². The van der Waals surface area contributed by atoms with Crippen LogP contribution < -0.4 is 10.0 Å². The van der Waals surface area contributed by atoms with Crippen LogP contribution in [0.25, 0.3) is 0 Å². The minimum atomic E-state index is -3.69. The van der Waals surface area contributed by atoms with Crippen molar-refractivity contribution in [2.24, 2.45) is 0 Å². The smallest absolute Gasteiger partial charge is 0.274 e. The van der Waals surface area contributed by atoms with Crippen LogP contribution in [0.1, 0.15) is 26.0 Å². The molecule has 116 valence electrons.